The van der Waals surface area contributed by atoms with Gasteiger partial charge in [-0.3, -0.25) is 10.1 Å². The average Bonchev–Trinajstić information content (AvgIpc) is 2.94. The second-order valence-electron chi connectivity index (χ2n) is 6.59. The van der Waals surface area contributed by atoms with Crippen LogP contribution in [0.4, 0.5) is 11.4 Å². The fourth-order valence-corrected chi connectivity index (χ4v) is 5.20. The Kier molecular flexibility index (Phi) is 2.80. The third-order valence-corrected chi connectivity index (χ3v) is 6.50. The molecule has 2 N–H and O–H groups in total. The van der Waals surface area contributed by atoms with Gasteiger partial charge in [-0.25, -0.2) is 13.6 Å². The Morgan fingerprint density at radius 1 is 1.27 bits per heavy atom. The van der Waals surface area contributed by atoms with Crippen LogP contribution >= 0.6 is 0 Å². The van der Waals surface area contributed by atoms with Crippen LogP contribution in [-0.4, -0.2) is 25.9 Å². The van der Waals surface area contributed by atoms with Crippen molar-refractivity contribution >= 4 is 21.4 Å². The molecule has 4 rings (SSSR count). The first kappa shape index (κ1) is 14.0. The zero-order chi connectivity index (χ0) is 15.6. The van der Waals surface area contributed by atoms with Crippen LogP contribution in [-0.2, 0) is 10.0 Å². The normalized spacial score (nSPS) is 32.7. The van der Waals surface area contributed by atoms with Gasteiger partial charge in [-0.2, -0.15) is 0 Å². The maximum atomic E-state index is 11.4. The first-order chi connectivity index (χ1) is 10.4. The van der Waals surface area contributed by atoms with Crippen molar-refractivity contribution in [2.24, 2.45) is 22.9 Å². The van der Waals surface area contributed by atoms with Crippen LogP contribution in [0.1, 0.15) is 19.3 Å². The van der Waals surface area contributed by atoms with Crippen LogP contribution < -0.4 is 10.0 Å². The van der Waals surface area contributed by atoms with E-state index in [1.54, 1.807) is 0 Å². The van der Waals surface area contributed by atoms with E-state index in [1.165, 1.54) is 31.4 Å². The smallest absolute Gasteiger partial charge is 0.293 e. The van der Waals surface area contributed by atoms with E-state index in [0.29, 0.717) is 23.6 Å². The van der Waals surface area contributed by atoms with Crippen molar-refractivity contribution in [2.75, 3.05) is 11.4 Å². The average molecular weight is 323 g/mol. The molecule has 118 valence electrons. The van der Waals surface area contributed by atoms with E-state index in [1.807, 2.05) is 0 Å². The maximum absolute atomic E-state index is 11.4. The molecule has 0 aromatic heterocycles. The Bertz CT molecular complexity index is 761. The summed E-state index contributed by atoms with van der Waals surface area (Å²) >= 11 is 0. The van der Waals surface area contributed by atoms with Gasteiger partial charge >= 0.3 is 0 Å². The standard InChI is InChI=1S/C14H17N3O4S/c15-22(20,21)10-3-4-12(13(6-10)17(18)19)16-7-11-8-1-2-9(5-8)14(11)16/h3-4,6,8-9,11,14H,1-2,5,7H2,(H2,15,20,21)/t8-,9-,11+,14-/m0/s1. The molecule has 1 aromatic rings. The van der Waals surface area contributed by atoms with Crippen molar-refractivity contribution in [3.63, 3.8) is 0 Å². The summed E-state index contributed by atoms with van der Waals surface area (Å²) in [5, 5.41) is 16.4. The zero-order valence-electron chi connectivity index (χ0n) is 11.9. The van der Waals surface area contributed by atoms with E-state index in [4.69, 9.17) is 5.14 Å². The number of nitrogens with two attached hydrogens (primary N) is 1. The first-order valence-corrected chi connectivity index (χ1v) is 8.99. The monoisotopic (exact) mass is 323 g/mol. The molecule has 0 radical (unpaired) electrons. The lowest BCUT2D eigenvalue weighted by molar-refractivity contribution is -0.384. The van der Waals surface area contributed by atoms with Gasteiger partial charge in [0.1, 0.15) is 5.69 Å². The molecule has 8 heteroatoms. The highest BCUT2D eigenvalue weighted by molar-refractivity contribution is 7.89. The molecule has 1 aliphatic heterocycles. The predicted octanol–water partition coefficient (Wildman–Crippen LogP) is 1.48. The minimum Gasteiger partial charge on any atom is -0.362 e. The van der Waals surface area contributed by atoms with E-state index < -0.39 is 14.9 Å². The molecule has 0 unspecified atom stereocenters. The van der Waals surface area contributed by atoms with Crippen LogP contribution in [0.3, 0.4) is 0 Å². The Labute approximate surface area is 128 Å². The van der Waals surface area contributed by atoms with Gasteiger partial charge in [-0.05, 0) is 49.1 Å². The number of benzene rings is 1. The highest BCUT2D eigenvalue weighted by Crippen LogP contribution is 2.57. The van der Waals surface area contributed by atoms with Crippen LogP contribution in [0.5, 0.6) is 0 Å². The molecule has 2 aliphatic carbocycles. The van der Waals surface area contributed by atoms with E-state index in [9.17, 15) is 18.5 Å². The lowest BCUT2D eigenvalue weighted by atomic mass is 9.76. The highest BCUT2D eigenvalue weighted by atomic mass is 32.2. The number of primary sulfonamides is 1. The summed E-state index contributed by atoms with van der Waals surface area (Å²) in [6.07, 6.45) is 3.71. The van der Waals surface area contributed by atoms with Gasteiger partial charge in [0.2, 0.25) is 10.0 Å². The molecule has 4 atom stereocenters. The van der Waals surface area contributed by atoms with E-state index in [-0.39, 0.29) is 10.6 Å². The Morgan fingerprint density at radius 3 is 2.64 bits per heavy atom. The number of nitrogens with zero attached hydrogens (tertiary/aromatic N) is 2. The summed E-state index contributed by atoms with van der Waals surface area (Å²) in [7, 11) is -3.94. The van der Waals surface area contributed by atoms with Gasteiger partial charge in [0, 0.05) is 18.7 Å². The van der Waals surface area contributed by atoms with Gasteiger partial charge in [-0.1, -0.05) is 0 Å². The van der Waals surface area contributed by atoms with Gasteiger partial charge in [-0.15, -0.1) is 0 Å². The fourth-order valence-electron chi connectivity index (χ4n) is 4.66. The highest BCUT2D eigenvalue weighted by Gasteiger charge is 2.57. The van der Waals surface area contributed by atoms with E-state index in [0.717, 1.165) is 18.5 Å². The second kappa shape index (κ2) is 4.42. The minimum atomic E-state index is -3.94. The summed E-state index contributed by atoms with van der Waals surface area (Å²) in [4.78, 5) is 12.7. The molecule has 22 heavy (non-hydrogen) atoms. The van der Waals surface area contributed by atoms with Crippen molar-refractivity contribution in [1.82, 2.24) is 0 Å². The molecule has 0 amide bonds. The van der Waals surface area contributed by atoms with Gasteiger partial charge < -0.3 is 4.90 Å². The molecule has 1 heterocycles. The summed E-state index contributed by atoms with van der Waals surface area (Å²) in [6.45, 7) is 0.835. The second-order valence-corrected chi connectivity index (χ2v) is 8.15. The first-order valence-electron chi connectivity index (χ1n) is 7.44. The molecule has 3 fully saturated rings. The lowest BCUT2D eigenvalue weighted by Crippen LogP contribution is -2.59. The molecule has 0 spiro atoms. The third kappa shape index (κ3) is 1.87. The molecule has 2 saturated carbocycles. The molecule has 1 saturated heterocycles. The summed E-state index contributed by atoms with van der Waals surface area (Å²) in [6, 6.07) is 4.35. The molecule has 7 nitrogen and oxygen atoms in total. The number of rotatable bonds is 3. The third-order valence-electron chi connectivity index (χ3n) is 5.59. The number of sulfonamides is 1. The number of hydrogen-bond acceptors (Lipinski definition) is 5. The quantitative estimate of drug-likeness (QED) is 0.669. The molecular weight excluding hydrogens is 306 g/mol. The molecule has 3 aliphatic rings. The van der Waals surface area contributed by atoms with Gasteiger partial charge in [0.25, 0.3) is 5.69 Å². The zero-order valence-corrected chi connectivity index (χ0v) is 12.7. The van der Waals surface area contributed by atoms with Crippen molar-refractivity contribution in [3.8, 4) is 0 Å². The summed E-state index contributed by atoms with van der Waals surface area (Å²) in [5.41, 5.74) is 0.346. The summed E-state index contributed by atoms with van der Waals surface area (Å²) < 4.78 is 22.8. The Morgan fingerprint density at radius 2 is 2.00 bits per heavy atom. The predicted molar refractivity (Wildman–Crippen MR) is 79.9 cm³/mol. The number of anilines is 1. The van der Waals surface area contributed by atoms with Crippen LogP contribution in [0.2, 0.25) is 0 Å². The summed E-state index contributed by atoms with van der Waals surface area (Å²) in [5.74, 6) is 2.05. The Balaban J connectivity index is 1.72. The largest absolute Gasteiger partial charge is 0.362 e. The molecule has 1 aromatic carbocycles. The topological polar surface area (TPSA) is 107 Å². The number of nitro benzene ring substituents is 1. The van der Waals surface area contributed by atoms with E-state index in [2.05, 4.69) is 4.90 Å². The van der Waals surface area contributed by atoms with Crippen molar-refractivity contribution in [1.29, 1.82) is 0 Å². The SMILES string of the molecule is NS(=O)(=O)c1ccc(N2C[C@@H]3[C@H]4CC[C@@H](C4)[C@@H]32)c([N+](=O)[O-])c1. The van der Waals surface area contributed by atoms with Crippen molar-refractivity contribution in [3.05, 3.63) is 28.3 Å². The van der Waals surface area contributed by atoms with Crippen molar-refractivity contribution < 1.29 is 13.3 Å². The molecular formula is C14H17N3O4S. The Hall–Kier alpha value is -1.67. The van der Waals surface area contributed by atoms with Gasteiger partial charge in [0.15, 0.2) is 0 Å². The lowest BCUT2D eigenvalue weighted by Gasteiger charge is -2.51. The van der Waals surface area contributed by atoms with Crippen LogP contribution in [0, 0.1) is 27.9 Å². The minimum absolute atomic E-state index is 0.173. The number of fused-ring (bicyclic) bond motifs is 5. The number of hydrogen-bond donors (Lipinski definition) is 1. The van der Waals surface area contributed by atoms with Crippen LogP contribution in [0.15, 0.2) is 23.1 Å². The van der Waals surface area contributed by atoms with E-state index >= 15 is 0 Å². The van der Waals surface area contributed by atoms with Gasteiger partial charge in [0.05, 0.1) is 9.82 Å². The maximum Gasteiger partial charge on any atom is 0.293 e. The fraction of sp³-hybridized carbons (Fsp3) is 0.571. The molecule has 2 bridgehead atoms. The number of nitro groups is 1. The van der Waals surface area contributed by atoms with Crippen molar-refractivity contribution in [2.45, 2.75) is 30.2 Å². The van der Waals surface area contributed by atoms with Crippen LogP contribution in [0.25, 0.3) is 0 Å².